The van der Waals surface area contributed by atoms with E-state index in [-0.39, 0.29) is 11.9 Å². The minimum absolute atomic E-state index is 0.148. The first-order valence-electron chi connectivity index (χ1n) is 9.50. The van der Waals surface area contributed by atoms with Crippen LogP contribution < -0.4 is 0 Å². The number of rotatable bonds is 4. The molecule has 4 nitrogen and oxygen atoms in total. The molecule has 1 aliphatic rings. The summed E-state index contributed by atoms with van der Waals surface area (Å²) < 4.78 is 0. The number of hydrogen-bond acceptors (Lipinski definition) is 4. The van der Waals surface area contributed by atoms with Gasteiger partial charge in [-0.15, -0.1) is 11.3 Å². The number of carbonyl (C=O) groups excluding carboxylic acids is 1. The van der Waals surface area contributed by atoms with Gasteiger partial charge in [-0.25, -0.2) is 4.98 Å². The second kappa shape index (κ2) is 8.44. The van der Waals surface area contributed by atoms with Crippen molar-refractivity contribution in [2.75, 3.05) is 6.54 Å². The summed E-state index contributed by atoms with van der Waals surface area (Å²) in [5.74, 6) is 0.170. The van der Waals surface area contributed by atoms with Crippen LogP contribution in [0.2, 0.25) is 0 Å². The topological polar surface area (TPSA) is 46.1 Å². The van der Waals surface area contributed by atoms with Crippen molar-refractivity contribution in [3.8, 4) is 10.6 Å². The van der Waals surface area contributed by atoms with E-state index in [1.807, 2.05) is 48.1 Å². The van der Waals surface area contributed by atoms with Gasteiger partial charge in [-0.2, -0.15) is 0 Å². The highest BCUT2D eigenvalue weighted by molar-refractivity contribution is 7.13. The zero-order chi connectivity index (χ0) is 18.5. The number of aromatic nitrogens is 2. The molecule has 0 aliphatic carbocycles. The number of carbonyl (C=O) groups is 1. The predicted octanol–water partition coefficient (Wildman–Crippen LogP) is 4.89. The van der Waals surface area contributed by atoms with Crippen LogP contribution in [0.3, 0.4) is 0 Å². The Morgan fingerprint density at radius 3 is 2.70 bits per heavy atom. The van der Waals surface area contributed by atoms with Crippen LogP contribution in [0, 0.1) is 0 Å². The SMILES string of the molecule is O=C(Cc1csc(-c2ccccc2)n1)N1CCCCCC1c1ccncc1. The maximum absolute atomic E-state index is 13.1. The van der Waals surface area contributed by atoms with Crippen LogP contribution in [-0.2, 0) is 11.2 Å². The summed E-state index contributed by atoms with van der Waals surface area (Å²) in [5, 5.41) is 2.99. The Kier molecular flexibility index (Phi) is 5.58. The van der Waals surface area contributed by atoms with E-state index in [0.717, 1.165) is 42.1 Å². The molecule has 4 rings (SSSR count). The van der Waals surface area contributed by atoms with Gasteiger partial charge in [0.15, 0.2) is 0 Å². The lowest BCUT2D eigenvalue weighted by Gasteiger charge is -2.30. The molecule has 3 heterocycles. The molecule has 5 heteroatoms. The number of benzene rings is 1. The first-order chi connectivity index (χ1) is 13.3. The summed E-state index contributed by atoms with van der Waals surface area (Å²) in [6.07, 6.45) is 8.42. The normalized spacial score (nSPS) is 17.5. The summed E-state index contributed by atoms with van der Waals surface area (Å²) in [5.41, 5.74) is 3.15. The van der Waals surface area contributed by atoms with Crippen molar-refractivity contribution in [2.24, 2.45) is 0 Å². The zero-order valence-corrected chi connectivity index (χ0v) is 16.1. The Morgan fingerprint density at radius 1 is 1.07 bits per heavy atom. The smallest absolute Gasteiger partial charge is 0.229 e. The fourth-order valence-corrected chi connectivity index (χ4v) is 4.52. The molecule has 0 bridgehead atoms. The van der Waals surface area contributed by atoms with E-state index in [2.05, 4.69) is 22.0 Å². The van der Waals surface area contributed by atoms with E-state index in [0.29, 0.717) is 6.42 Å². The quantitative estimate of drug-likeness (QED) is 0.650. The van der Waals surface area contributed by atoms with Gasteiger partial charge in [-0.1, -0.05) is 43.2 Å². The number of hydrogen-bond donors (Lipinski definition) is 0. The number of pyridine rings is 1. The Morgan fingerprint density at radius 2 is 1.89 bits per heavy atom. The maximum Gasteiger partial charge on any atom is 0.229 e. The summed E-state index contributed by atoms with van der Waals surface area (Å²) >= 11 is 1.60. The monoisotopic (exact) mass is 377 g/mol. The van der Waals surface area contributed by atoms with Crippen molar-refractivity contribution >= 4 is 17.2 Å². The molecule has 1 atom stereocenters. The van der Waals surface area contributed by atoms with Gasteiger partial charge in [-0.05, 0) is 30.5 Å². The fraction of sp³-hybridized carbons (Fsp3) is 0.318. The highest BCUT2D eigenvalue weighted by Gasteiger charge is 2.27. The van der Waals surface area contributed by atoms with Crippen molar-refractivity contribution < 1.29 is 4.79 Å². The van der Waals surface area contributed by atoms with Crippen LogP contribution >= 0.6 is 11.3 Å². The number of amides is 1. The molecule has 1 amide bonds. The highest BCUT2D eigenvalue weighted by Crippen LogP contribution is 2.31. The molecule has 1 unspecified atom stereocenters. The highest BCUT2D eigenvalue weighted by atomic mass is 32.1. The van der Waals surface area contributed by atoms with Crippen LogP contribution in [0.15, 0.2) is 60.2 Å². The minimum Gasteiger partial charge on any atom is -0.335 e. The van der Waals surface area contributed by atoms with Crippen molar-refractivity contribution in [1.82, 2.24) is 14.9 Å². The molecule has 2 aromatic heterocycles. The molecular formula is C22H23N3OS. The van der Waals surface area contributed by atoms with Crippen LogP contribution in [0.4, 0.5) is 0 Å². The third kappa shape index (κ3) is 4.25. The summed E-state index contributed by atoms with van der Waals surface area (Å²) in [6, 6.07) is 14.3. The standard InChI is InChI=1S/C22H23N3OS/c26-21(15-19-16-27-22(24-19)18-7-3-1-4-8-18)25-14-6-2-5-9-20(25)17-10-12-23-13-11-17/h1,3-4,7-8,10-13,16,20H,2,5-6,9,14-15H2. The Hall–Kier alpha value is -2.53. The lowest BCUT2D eigenvalue weighted by molar-refractivity contribution is -0.133. The summed E-state index contributed by atoms with van der Waals surface area (Å²) in [7, 11) is 0. The van der Waals surface area contributed by atoms with Crippen molar-refractivity contribution in [3.05, 3.63) is 71.5 Å². The molecule has 0 N–H and O–H groups in total. The zero-order valence-electron chi connectivity index (χ0n) is 15.3. The first kappa shape index (κ1) is 17.9. The second-order valence-electron chi connectivity index (χ2n) is 6.92. The van der Waals surface area contributed by atoms with Crippen molar-refractivity contribution in [1.29, 1.82) is 0 Å². The van der Waals surface area contributed by atoms with Crippen LogP contribution in [0.1, 0.15) is 43.0 Å². The van der Waals surface area contributed by atoms with Gasteiger partial charge in [-0.3, -0.25) is 9.78 Å². The van der Waals surface area contributed by atoms with E-state index in [1.54, 1.807) is 11.3 Å². The third-order valence-corrected chi connectivity index (χ3v) is 6.01. The summed E-state index contributed by atoms with van der Waals surface area (Å²) in [4.78, 5) is 24.0. The van der Waals surface area contributed by atoms with Gasteiger partial charge < -0.3 is 4.90 Å². The third-order valence-electron chi connectivity index (χ3n) is 5.07. The van der Waals surface area contributed by atoms with Crippen molar-refractivity contribution in [2.45, 2.75) is 38.1 Å². The molecular weight excluding hydrogens is 354 g/mol. The average Bonchev–Trinajstić information content (AvgIpc) is 3.04. The molecule has 0 saturated carbocycles. The van der Waals surface area contributed by atoms with E-state index < -0.39 is 0 Å². The maximum atomic E-state index is 13.1. The first-order valence-corrected chi connectivity index (χ1v) is 10.4. The molecule has 1 aliphatic heterocycles. The van der Waals surface area contributed by atoms with E-state index in [1.165, 1.54) is 12.0 Å². The number of likely N-dealkylation sites (tertiary alicyclic amines) is 1. The fourth-order valence-electron chi connectivity index (χ4n) is 3.70. The molecule has 3 aromatic rings. The Balaban J connectivity index is 1.51. The lowest BCUT2D eigenvalue weighted by Crippen LogP contribution is -2.36. The number of thiazole rings is 1. The molecule has 1 saturated heterocycles. The second-order valence-corrected chi connectivity index (χ2v) is 7.78. The molecule has 1 fully saturated rings. The van der Waals surface area contributed by atoms with E-state index in [4.69, 9.17) is 4.98 Å². The van der Waals surface area contributed by atoms with Crippen molar-refractivity contribution in [3.63, 3.8) is 0 Å². The van der Waals surface area contributed by atoms with Gasteiger partial charge in [0, 0.05) is 29.9 Å². The average molecular weight is 378 g/mol. The van der Waals surface area contributed by atoms with Crippen LogP contribution in [0.5, 0.6) is 0 Å². The van der Waals surface area contributed by atoms with Gasteiger partial charge in [0.1, 0.15) is 5.01 Å². The molecule has 27 heavy (non-hydrogen) atoms. The largest absolute Gasteiger partial charge is 0.335 e. The Labute approximate surface area is 163 Å². The van der Waals surface area contributed by atoms with Crippen LogP contribution in [0.25, 0.3) is 10.6 Å². The predicted molar refractivity (Wildman–Crippen MR) is 108 cm³/mol. The number of nitrogens with zero attached hydrogens (tertiary/aromatic N) is 3. The Bertz CT molecular complexity index is 879. The van der Waals surface area contributed by atoms with E-state index in [9.17, 15) is 4.79 Å². The van der Waals surface area contributed by atoms with Gasteiger partial charge >= 0.3 is 0 Å². The molecule has 1 aromatic carbocycles. The van der Waals surface area contributed by atoms with Crippen LogP contribution in [-0.4, -0.2) is 27.3 Å². The van der Waals surface area contributed by atoms with Gasteiger partial charge in [0.05, 0.1) is 18.2 Å². The van der Waals surface area contributed by atoms with Gasteiger partial charge in [0.2, 0.25) is 5.91 Å². The molecule has 0 radical (unpaired) electrons. The lowest BCUT2D eigenvalue weighted by atomic mass is 10.0. The molecule has 0 spiro atoms. The summed E-state index contributed by atoms with van der Waals surface area (Å²) in [6.45, 7) is 0.821. The minimum atomic E-state index is 0.148. The van der Waals surface area contributed by atoms with E-state index >= 15 is 0 Å². The molecule has 138 valence electrons. The van der Waals surface area contributed by atoms with Gasteiger partial charge in [0.25, 0.3) is 0 Å².